The number of carbonyl (C=O) groups is 2. The van der Waals surface area contributed by atoms with Crippen LogP contribution in [0.5, 0.6) is 0 Å². The fourth-order valence-electron chi connectivity index (χ4n) is 2.14. The van der Waals surface area contributed by atoms with Gasteiger partial charge in [-0.25, -0.2) is 0 Å². The van der Waals surface area contributed by atoms with Crippen LogP contribution in [0.3, 0.4) is 0 Å². The molecule has 1 aromatic rings. The highest BCUT2D eigenvalue weighted by Crippen LogP contribution is 2.33. The van der Waals surface area contributed by atoms with E-state index < -0.39 is 0 Å². The molecule has 1 aliphatic rings. The molecule has 1 aliphatic heterocycles. The second-order valence-corrected chi connectivity index (χ2v) is 8.37. The minimum absolute atomic E-state index is 0.0334. The lowest BCUT2D eigenvalue weighted by atomic mass is 10.3. The Morgan fingerprint density at radius 3 is 2.24 bits per heavy atom. The van der Waals surface area contributed by atoms with Crippen molar-refractivity contribution in [2.75, 3.05) is 46.8 Å². The van der Waals surface area contributed by atoms with Gasteiger partial charge in [-0.1, -0.05) is 0 Å². The molecule has 0 aromatic carbocycles. The SMILES string of the molecule is CN(C)CC(=O)N1CCN(C(=O)c2cc(Br)c(Br)s2)CC1. The third-order valence-corrected chi connectivity index (χ3v) is 6.47. The quantitative estimate of drug-likeness (QED) is 0.725. The number of rotatable bonds is 3. The Kier molecular flexibility index (Phi) is 5.81. The molecule has 0 N–H and O–H groups in total. The van der Waals surface area contributed by atoms with Gasteiger partial charge in [-0.3, -0.25) is 9.59 Å². The van der Waals surface area contributed by atoms with E-state index in [1.165, 1.54) is 11.3 Å². The van der Waals surface area contributed by atoms with Crippen molar-refractivity contribution < 1.29 is 9.59 Å². The second-order valence-electron chi connectivity index (χ2n) is 5.14. The monoisotopic (exact) mass is 437 g/mol. The van der Waals surface area contributed by atoms with Crippen LogP contribution in [-0.2, 0) is 4.79 Å². The van der Waals surface area contributed by atoms with Crippen LogP contribution in [0.2, 0.25) is 0 Å². The fourth-order valence-corrected chi connectivity index (χ4v) is 4.14. The Hall–Kier alpha value is -0.440. The van der Waals surface area contributed by atoms with Crippen LogP contribution in [0.25, 0.3) is 0 Å². The first-order valence-electron chi connectivity index (χ1n) is 6.55. The fraction of sp³-hybridized carbons (Fsp3) is 0.538. The smallest absolute Gasteiger partial charge is 0.264 e. The zero-order valence-corrected chi connectivity index (χ0v) is 15.9. The number of piperazine rings is 1. The van der Waals surface area contributed by atoms with Crippen LogP contribution < -0.4 is 0 Å². The van der Waals surface area contributed by atoms with Crippen LogP contribution in [0, 0.1) is 0 Å². The maximum Gasteiger partial charge on any atom is 0.264 e. The van der Waals surface area contributed by atoms with Crippen molar-refractivity contribution in [2.24, 2.45) is 0 Å². The van der Waals surface area contributed by atoms with E-state index in [9.17, 15) is 9.59 Å². The molecule has 1 fully saturated rings. The number of thiophene rings is 1. The number of halogens is 2. The summed E-state index contributed by atoms with van der Waals surface area (Å²) in [6, 6.07) is 1.83. The summed E-state index contributed by atoms with van der Waals surface area (Å²) in [7, 11) is 3.76. The highest BCUT2D eigenvalue weighted by molar-refractivity contribution is 9.13. The maximum absolute atomic E-state index is 12.4. The van der Waals surface area contributed by atoms with Crippen molar-refractivity contribution >= 4 is 55.0 Å². The molecule has 1 aromatic heterocycles. The Labute approximate surface area is 145 Å². The molecular formula is C13H17Br2N3O2S. The molecule has 2 heterocycles. The van der Waals surface area contributed by atoms with E-state index >= 15 is 0 Å². The van der Waals surface area contributed by atoms with E-state index in [0.29, 0.717) is 37.6 Å². The largest absolute Gasteiger partial charge is 0.338 e. The molecule has 2 rings (SSSR count). The van der Waals surface area contributed by atoms with E-state index in [0.717, 1.165) is 8.26 Å². The summed E-state index contributed by atoms with van der Waals surface area (Å²) in [5, 5.41) is 0. The minimum atomic E-state index is 0.0334. The lowest BCUT2D eigenvalue weighted by Gasteiger charge is -2.35. The summed E-state index contributed by atoms with van der Waals surface area (Å²) in [5.41, 5.74) is 0. The van der Waals surface area contributed by atoms with E-state index in [-0.39, 0.29) is 11.8 Å². The predicted octanol–water partition coefficient (Wildman–Crippen LogP) is 2.12. The highest BCUT2D eigenvalue weighted by atomic mass is 79.9. The van der Waals surface area contributed by atoms with E-state index in [2.05, 4.69) is 31.9 Å². The van der Waals surface area contributed by atoms with Gasteiger partial charge in [0.05, 0.1) is 15.2 Å². The molecular weight excluding hydrogens is 422 g/mol. The lowest BCUT2D eigenvalue weighted by molar-refractivity contribution is -0.133. The van der Waals surface area contributed by atoms with Crippen LogP contribution in [0.1, 0.15) is 9.67 Å². The Morgan fingerprint density at radius 2 is 1.76 bits per heavy atom. The average Bonchev–Trinajstić information content (AvgIpc) is 2.77. The van der Waals surface area contributed by atoms with Crippen LogP contribution in [0.4, 0.5) is 0 Å². The Morgan fingerprint density at radius 1 is 1.19 bits per heavy atom. The van der Waals surface area contributed by atoms with Gasteiger partial charge >= 0.3 is 0 Å². The summed E-state index contributed by atoms with van der Waals surface area (Å²) in [4.78, 5) is 30.6. The standard InChI is InChI=1S/C13H17Br2N3O2S/c1-16(2)8-11(19)17-3-5-18(6-4-17)13(20)10-7-9(14)12(15)21-10/h7H,3-6,8H2,1-2H3. The average molecular weight is 439 g/mol. The van der Waals surface area contributed by atoms with Gasteiger partial charge in [0.1, 0.15) is 0 Å². The normalized spacial score (nSPS) is 15.7. The predicted molar refractivity (Wildman–Crippen MR) is 90.8 cm³/mol. The summed E-state index contributed by atoms with van der Waals surface area (Å²) in [6.07, 6.45) is 0. The van der Waals surface area contributed by atoms with Crippen molar-refractivity contribution in [1.29, 1.82) is 0 Å². The molecule has 0 saturated carbocycles. The van der Waals surface area contributed by atoms with Crippen molar-refractivity contribution in [3.8, 4) is 0 Å². The van der Waals surface area contributed by atoms with Gasteiger partial charge in [-0.05, 0) is 52.0 Å². The molecule has 8 heteroatoms. The van der Waals surface area contributed by atoms with Gasteiger partial charge in [0.15, 0.2) is 0 Å². The van der Waals surface area contributed by atoms with Crippen molar-refractivity contribution in [3.63, 3.8) is 0 Å². The lowest BCUT2D eigenvalue weighted by Crippen LogP contribution is -2.52. The minimum Gasteiger partial charge on any atom is -0.338 e. The van der Waals surface area contributed by atoms with Crippen molar-refractivity contribution in [3.05, 3.63) is 19.2 Å². The van der Waals surface area contributed by atoms with Crippen LogP contribution >= 0.6 is 43.2 Å². The molecule has 2 amide bonds. The number of hydrogen-bond acceptors (Lipinski definition) is 4. The number of hydrogen-bond donors (Lipinski definition) is 0. The number of likely N-dealkylation sites (N-methyl/N-ethyl adjacent to an activating group) is 1. The summed E-state index contributed by atoms with van der Waals surface area (Å²) in [6.45, 7) is 2.80. The van der Waals surface area contributed by atoms with Crippen LogP contribution in [-0.4, -0.2) is 73.3 Å². The van der Waals surface area contributed by atoms with Crippen LogP contribution in [0.15, 0.2) is 14.3 Å². The second kappa shape index (κ2) is 7.21. The highest BCUT2D eigenvalue weighted by Gasteiger charge is 2.26. The number of carbonyl (C=O) groups excluding carboxylic acids is 2. The van der Waals surface area contributed by atoms with E-state index in [4.69, 9.17) is 0 Å². The van der Waals surface area contributed by atoms with Gasteiger partial charge in [0.25, 0.3) is 5.91 Å². The molecule has 0 radical (unpaired) electrons. The van der Waals surface area contributed by atoms with Gasteiger partial charge in [-0.15, -0.1) is 11.3 Å². The Balaban J connectivity index is 1.91. The topological polar surface area (TPSA) is 43.9 Å². The van der Waals surface area contributed by atoms with Gasteiger partial charge in [-0.2, -0.15) is 0 Å². The molecule has 1 saturated heterocycles. The zero-order chi connectivity index (χ0) is 15.6. The van der Waals surface area contributed by atoms with Gasteiger partial charge in [0, 0.05) is 30.7 Å². The molecule has 0 bridgehead atoms. The third kappa shape index (κ3) is 4.28. The number of nitrogens with zero attached hydrogens (tertiary/aromatic N) is 3. The molecule has 21 heavy (non-hydrogen) atoms. The molecule has 116 valence electrons. The molecule has 5 nitrogen and oxygen atoms in total. The van der Waals surface area contributed by atoms with Gasteiger partial charge in [0.2, 0.25) is 5.91 Å². The summed E-state index contributed by atoms with van der Waals surface area (Å²) >= 11 is 8.22. The summed E-state index contributed by atoms with van der Waals surface area (Å²) in [5.74, 6) is 0.153. The Bertz CT molecular complexity index is 520. The van der Waals surface area contributed by atoms with Gasteiger partial charge < -0.3 is 14.7 Å². The first kappa shape index (κ1) is 16.9. The van der Waals surface area contributed by atoms with Crippen molar-refractivity contribution in [2.45, 2.75) is 0 Å². The van der Waals surface area contributed by atoms with E-state index in [1.807, 2.05) is 34.9 Å². The first-order chi connectivity index (χ1) is 9.88. The molecule has 0 aliphatic carbocycles. The molecule has 0 unspecified atom stereocenters. The van der Waals surface area contributed by atoms with E-state index in [1.54, 1.807) is 0 Å². The first-order valence-corrected chi connectivity index (χ1v) is 8.95. The molecule has 0 atom stereocenters. The number of amides is 2. The zero-order valence-electron chi connectivity index (χ0n) is 11.9. The third-order valence-electron chi connectivity index (χ3n) is 3.23. The maximum atomic E-state index is 12.4. The summed E-state index contributed by atoms with van der Waals surface area (Å²) < 4.78 is 1.82. The molecule has 0 spiro atoms. The van der Waals surface area contributed by atoms with Crippen molar-refractivity contribution in [1.82, 2.24) is 14.7 Å².